The molecule has 4 heteroatoms. The van der Waals surface area contributed by atoms with Gasteiger partial charge in [-0.25, -0.2) is 0 Å². The van der Waals surface area contributed by atoms with Gasteiger partial charge < -0.3 is 11.5 Å². The fourth-order valence-corrected chi connectivity index (χ4v) is 0. The second kappa shape index (κ2) is 4.01. The normalized spacial score (nSPS) is 4.80. The molecule has 0 unspecified atom stereocenters. The average Bonchev–Trinajstić information content (AvgIpc) is 0.811. The van der Waals surface area contributed by atoms with Crippen LogP contribution in [0.3, 0.4) is 0 Å². The van der Waals surface area contributed by atoms with Gasteiger partial charge >= 0.3 is 0 Å². The van der Waals surface area contributed by atoms with Crippen molar-refractivity contribution < 1.29 is 22.4 Å². The van der Waals surface area contributed by atoms with Crippen LogP contribution in [0, 0.1) is 5.41 Å². The predicted octanol–water partition coefficient (Wildman–Crippen LogP) is -1.16. The Morgan fingerprint density at radius 3 is 1.40 bits per heavy atom. The fourth-order valence-electron chi connectivity index (χ4n) is 0. The Balaban J connectivity index is 0. The van der Waals surface area contributed by atoms with Crippen molar-refractivity contribution in [3.05, 3.63) is 0 Å². The van der Waals surface area contributed by atoms with E-state index in [2.05, 4.69) is 11.5 Å². The van der Waals surface area contributed by atoms with Crippen molar-refractivity contribution in [1.82, 2.24) is 0 Å². The van der Waals surface area contributed by atoms with Gasteiger partial charge in [0.2, 0.25) is 0 Å². The quantitative estimate of drug-likeness (QED) is 0.369. The van der Waals surface area contributed by atoms with Gasteiger partial charge in [-0.15, -0.1) is 0 Å². The van der Waals surface area contributed by atoms with Crippen LogP contribution in [0.2, 0.25) is 0 Å². The molecule has 1 radical (unpaired) electrons. The molecule has 0 aliphatic carbocycles. The minimum Gasteiger partial charge on any atom is -0.370 e. The third-order valence-corrected chi connectivity index (χ3v) is 0. The van der Waals surface area contributed by atoms with Crippen LogP contribution in [0.5, 0.6) is 0 Å². The third-order valence-electron chi connectivity index (χ3n) is 0. The van der Waals surface area contributed by atoms with E-state index in [-0.39, 0.29) is 28.3 Å². The molecule has 29 valence electrons. The van der Waals surface area contributed by atoms with Gasteiger partial charge in [-0.05, 0) is 0 Å². The Kier molecular flexibility index (Phi) is 7.13. The summed E-state index contributed by atoms with van der Waals surface area (Å²) in [4.78, 5) is 0. The molecule has 0 saturated heterocycles. The molecule has 0 bridgehead atoms. The number of hydrogen-bond acceptors (Lipinski definition) is 1. The summed E-state index contributed by atoms with van der Waals surface area (Å²) in [6, 6.07) is 0. The molecule has 0 amide bonds. The van der Waals surface area contributed by atoms with Crippen LogP contribution in [-0.2, 0) is 22.4 Å². The second-order valence-electron chi connectivity index (χ2n) is 0.455. The molecule has 0 aliphatic heterocycles. The van der Waals surface area contributed by atoms with E-state index < -0.39 is 0 Å². The van der Waals surface area contributed by atoms with Gasteiger partial charge in [-0.3, -0.25) is 5.41 Å². The molecule has 0 aromatic carbocycles. The minimum atomic E-state index is -0.333. The first-order valence-electron chi connectivity index (χ1n) is 0.827. The SMILES string of the molecule is N=C(N)N.[Ta]. The van der Waals surface area contributed by atoms with Gasteiger partial charge in [0.15, 0.2) is 5.96 Å². The standard InChI is InChI=1S/CH5N3.Ta/c2-1(3)4;/h(H5,2,3,4);. The van der Waals surface area contributed by atoms with Crippen molar-refractivity contribution >= 4 is 5.96 Å². The van der Waals surface area contributed by atoms with Gasteiger partial charge in [0, 0.05) is 22.4 Å². The fraction of sp³-hybridized carbons (Fsp3) is 0. The monoisotopic (exact) mass is 240 g/mol. The largest absolute Gasteiger partial charge is 0.370 e. The van der Waals surface area contributed by atoms with Crippen molar-refractivity contribution in [2.75, 3.05) is 0 Å². The molecule has 5 N–H and O–H groups in total. The van der Waals surface area contributed by atoms with Crippen LogP contribution in [0.4, 0.5) is 0 Å². The van der Waals surface area contributed by atoms with Crippen molar-refractivity contribution in [3.63, 3.8) is 0 Å². The number of nitrogens with one attached hydrogen (secondary N) is 1. The van der Waals surface area contributed by atoms with Crippen molar-refractivity contribution in [2.24, 2.45) is 11.5 Å². The molecule has 0 saturated carbocycles. The van der Waals surface area contributed by atoms with Crippen molar-refractivity contribution in [1.29, 1.82) is 5.41 Å². The summed E-state index contributed by atoms with van der Waals surface area (Å²) in [5.74, 6) is -0.333. The van der Waals surface area contributed by atoms with E-state index in [0.29, 0.717) is 0 Å². The van der Waals surface area contributed by atoms with Crippen LogP contribution in [0.25, 0.3) is 0 Å². The zero-order chi connectivity index (χ0) is 3.58. The molecule has 0 aromatic rings. The maximum Gasteiger partial charge on any atom is 0.183 e. The van der Waals surface area contributed by atoms with E-state index in [1.165, 1.54) is 0 Å². The molecule has 3 nitrogen and oxygen atoms in total. The van der Waals surface area contributed by atoms with Gasteiger partial charge in [0.1, 0.15) is 0 Å². The van der Waals surface area contributed by atoms with E-state index >= 15 is 0 Å². The average molecular weight is 240 g/mol. The molecule has 5 heavy (non-hydrogen) atoms. The Labute approximate surface area is 45.7 Å². The van der Waals surface area contributed by atoms with Crippen molar-refractivity contribution in [3.8, 4) is 0 Å². The maximum absolute atomic E-state index is 6.06. The summed E-state index contributed by atoms with van der Waals surface area (Å²) in [6.07, 6.45) is 0. The van der Waals surface area contributed by atoms with E-state index in [4.69, 9.17) is 5.41 Å². The van der Waals surface area contributed by atoms with Gasteiger partial charge in [-0.1, -0.05) is 0 Å². The smallest absolute Gasteiger partial charge is 0.183 e. The number of hydrogen-bond donors (Lipinski definition) is 3. The first kappa shape index (κ1) is 8.89. The zero-order valence-electron chi connectivity index (χ0n) is 2.60. The summed E-state index contributed by atoms with van der Waals surface area (Å²) < 4.78 is 0. The van der Waals surface area contributed by atoms with E-state index in [1.807, 2.05) is 0 Å². The van der Waals surface area contributed by atoms with Crippen molar-refractivity contribution in [2.45, 2.75) is 0 Å². The molecule has 0 heterocycles. The summed E-state index contributed by atoms with van der Waals surface area (Å²) in [5.41, 5.74) is 8.94. The van der Waals surface area contributed by atoms with E-state index in [1.54, 1.807) is 0 Å². The zero-order valence-corrected chi connectivity index (χ0v) is 5.82. The molecule has 0 atom stereocenters. The summed E-state index contributed by atoms with van der Waals surface area (Å²) in [7, 11) is 0. The number of nitrogens with two attached hydrogens (primary N) is 2. The Morgan fingerprint density at radius 1 is 1.40 bits per heavy atom. The van der Waals surface area contributed by atoms with Crippen LogP contribution in [-0.4, -0.2) is 5.96 Å². The van der Waals surface area contributed by atoms with E-state index in [0.717, 1.165) is 0 Å². The van der Waals surface area contributed by atoms with Crippen LogP contribution in [0.1, 0.15) is 0 Å². The molecule has 0 aromatic heterocycles. The summed E-state index contributed by atoms with van der Waals surface area (Å²) >= 11 is 0. The van der Waals surface area contributed by atoms with Gasteiger partial charge in [0.05, 0.1) is 0 Å². The van der Waals surface area contributed by atoms with E-state index in [9.17, 15) is 0 Å². The topological polar surface area (TPSA) is 75.9 Å². The Bertz CT molecular complexity index is 29.9. The molecule has 0 spiro atoms. The second-order valence-corrected chi connectivity index (χ2v) is 0.455. The maximum atomic E-state index is 6.06. The molecular weight excluding hydrogens is 235 g/mol. The Morgan fingerprint density at radius 2 is 1.40 bits per heavy atom. The first-order valence-corrected chi connectivity index (χ1v) is 0.827. The molecule has 0 rings (SSSR count). The minimum absolute atomic E-state index is 0. The van der Waals surface area contributed by atoms with Gasteiger partial charge in [-0.2, -0.15) is 0 Å². The predicted molar refractivity (Wildman–Crippen MR) is 16.1 cm³/mol. The molecule has 0 aliphatic rings. The first-order chi connectivity index (χ1) is 1.73. The Hall–Kier alpha value is 0.0103. The summed E-state index contributed by atoms with van der Waals surface area (Å²) in [5, 5.41) is 6.06. The number of rotatable bonds is 0. The van der Waals surface area contributed by atoms with Gasteiger partial charge in [0.25, 0.3) is 0 Å². The van der Waals surface area contributed by atoms with Crippen LogP contribution in [0.15, 0.2) is 0 Å². The third kappa shape index (κ3) is 154000. The van der Waals surface area contributed by atoms with Crippen LogP contribution >= 0.6 is 0 Å². The summed E-state index contributed by atoms with van der Waals surface area (Å²) in [6.45, 7) is 0. The molecule has 0 fully saturated rings. The molecular formula is CH5N3Ta. The number of guanidine groups is 1. The van der Waals surface area contributed by atoms with Crippen LogP contribution < -0.4 is 11.5 Å².